The van der Waals surface area contributed by atoms with Crippen LogP contribution in [0.4, 0.5) is 10.5 Å². The number of para-hydroxylation sites is 1. The number of aromatic nitrogens is 2. The zero-order valence-electron chi connectivity index (χ0n) is 17.3. The third kappa shape index (κ3) is 4.12. The fraction of sp³-hybridized carbons (Fsp3) is 0.250. The molecule has 5 nitrogen and oxygen atoms in total. The van der Waals surface area contributed by atoms with Crippen LogP contribution in [0, 0.1) is 20.8 Å². The lowest BCUT2D eigenvalue weighted by atomic mass is 9.96. The molecule has 0 fully saturated rings. The maximum absolute atomic E-state index is 12.3. The highest BCUT2D eigenvalue weighted by atomic mass is 35.5. The van der Waals surface area contributed by atoms with Crippen molar-refractivity contribution in [3.63, 3.8) is 0 Å². The van der Waals surface area contributed by atoms with Crippen molar-refractivity contribution in [2.75, 3.05) is 5.32 Å². The maximum Gasteiger partial charge on any atom is 0.319 e. The molecule has 2 aromatic carbocycles. The number of allylic oxidation sites excluding steroid dienone is 1. The van der Waals surface area contributed by atoms with Gasteiger partial charge in [0.25, 0.3) is 0 Å². The Morgan fingerprint density at radius 2 is 1.87 bits per heavy atom. The van der Waals surface area contributed by atoms with E-state index in [-0.39, 0.29) is 18.0 Å². The van der Waals surface area contributed by atoms with Crippen molar-refractivity contribution in [3.05, 3.63) is 88.2 Å². The van der Waals surface area contributed by atoms with Gasteiger partial charge >= 0.3 is 6.03 Å². The first-order valence-electron chi connectivity index (χ1n) is 10.1. The zero-order valence-corrected chi connectivity index (χ0v) is 18.1. The summed E-state index contributed by atoms with van der Waals surface area (Å²) in [4.78, 5) is 12.3. The van der Waals surface area contributed by atoms with Crippen molar-refractivity contribution in [1.29, 1.82) is 0 Å². The topological polar surface area (TPSA) is 59.0 Å². The van der Waals surface area contributed by atoms with E-state index in [1.54, 1.807) is 0 Å². The number of benzene rings is 2. The summed E-state index contributed by atoms with van der Waals surface area (Å²) in [6.07, 6.45) is 5.04. The van der Waals surface area contributed by atoms with Gasteiger partial charge in [-0.2, -0.15) is 5.10 Å². The Labute approximate surface area is 181 Å². The van der Waals surface area contributed by atoms with E-state index in [0.29, 0.717) is 0 Å². The van der Waals surface area contributed by atoms with Gasteiger partial charge in [-0.25, -0.2) is 9.48 Å². The Kier molecular flexibility index (Phi) is 5.64. The SMILES string of the molecule is Cc1ccc(-n2nc(C)c([C@@H]3C=C[C@@H](NC(=O)Nc4ccccc4)C3)c2C)cc1Cl. The average Bonchev–Trinajstić information content (AvgIpc) is 3.28. The molecule has 30 heavy (non-hydrogen) atoms. The monoisotopic (exact) mass is 420 g/mol. The number of anilines is 1. The minimum atomic E-state index is -0.199. The number of nitrogens with zero attached hydrogens (tertiary/aromatic N) is 2. The standard InChI is InChI=1S/C24H25ClN4O/c1-15-9-12-21(14-22(15)25)29-17(3)23(16(2)28-29)18-10-11-20(13-18)27-24(30)26-19-7-5-4-6-8-19/h4-12,14,18,20H,13H2,1-3H3,(H2,26,27,30)/t18-,20-/m1/s1. The number of nitrogens with one attached hydrogen (secondary N) is 2. The molecule has 0 unspecified atom stereocenters. The van der Waals surface area contributed by atoms with Crippen LogP contribution in [0.25, 0.3) is 5.69 Å². The van der Waals surface area contributed by atoms with Crippen LogP contribution >= 0.6 is 11.6 Å². The van der Waals surface area contributed by atoms with Gasteiger partial charge in [0.15, 0.2) is 0 Å². The highest BCUT2D eigenvalue weighted by Crippen LogP contribution is 2.34. The lowest BCUT2D eigenvalue weighted by Gasteiger charge is -2.15. The zero-order chi connectivity index (χ0) is 21.3. The van der Waals surface area contributed by atoms with Crippen molar-refractivity contribution < 1.29 is 4.79 Å². The van der Waals surface area contributed by atoms with E-state index in [4.69, 9.17) is 16.7 Å². The molecule has 1 aromatic heterocycles. The second-order valence-electron chi connectivity index (χ2n) is 7.73. The van der Waals surface area contributed by atoms with Crippen molar-refractivity contribution in [1.82, 2.24) is 15.1 Å². The van der Waals surface area contributed by atoms with E-state index in [1.807, 2.05) is 67.1 Å². The van der Waals surface area contributed by atoms with Crippen LogP contribution < -0.4 is 10.6 Å². The number of urea groups is 1. The Morgan fingerprint density at radius 1 is 1.10 bits per heavy atom. The lowest BCUT2D eigenvalue weighted by Crippen LogP contribution is -2.36. The van der Waals surface area contributed by atoms with Crippen molar-refractivity contribution in [2.45, 2.75) is 39.2 Å². The second-order valence-corrected chi connectivity index (χ2v) is 8.14. The summed E-state index contributed by atoms with van der Waals surface area (Å²) in [6, 6.07) is 15.2. The summed E-state index contributed by atoms with van der Waals surface area (Å²) < 4.78 is 1.95. The van der Waals surface area contributed by atoms with E-state index in [2.05, 4.69) is 29.7 Å². The van der Waals surface area contributed by atoms with Crippen LogP contribution in [-0.2, 0) is 0 Å². The summed E-state index contributed by atoms with van der Waals surface area (Å²) in [5, 5.41) is 11.4. The molecule has 0 saturated carbocycles. The summed E-state index contributed by atoms with van der Waals surface area (Å²) in [5.74, 6) is 0.210. The smallest absolute Gasteiger partial charge is 0.319 e. The number of rotatable bonds is 4. The molecule has 0 saturated heterocycles. The molecule has 154 valence electrons. The second kappa shape index (κ2) is 8.36. The molecule has 0 bridgehead atoms. The highest BCUT2D eigenvalue weighted by Gasteiger charge is 2.27. The summed E-state index contributed by atoms with van der Waals surface area (Å²) >= 11 is 6.32. The molecular formula is C24H25ClN4O. The van der Waals surface area contributed by atoms with E-state index < -0.39 is 0 Å². The predicted molar refractivity (Wildman–Crippen MR) is 122 cm³/mol. The molecule has 0 aliphatic heterocycles. The van der Waals surface area contributed by atoms with Crippen LogP contribution in [0.3, 0.4) is 0 Å². The number of amides is 2. The summed E-state index contributed by atoms with van der Waals surface area (Å²) in [7, 11) is 0. The van der Waals surface area contributed by atoms with Crippen LogP contribution in [0.15, 0.2) is 60.7 Å². The van der Waals surface area contributed by atoms with Crippen molar-refractivity contribution >= 4 is 23.3 Å². The Hall–Kier alpha value is -3.05. The van der Waals surface area contributed by atoms with Gasteiger partial charge in [-0.15, -0.1) is 0 Å². The molecule has 6 heteroatoms. The first-order valence-corrected chi connectivity index (χ1v) is 10.4. The molecule has 0 spiro atoms. The average molecular weight is 421 g/mol. The molecule has 2 amide bonds. The molecule has 2 atom stereocenters. The lowest BCUT2D eigenvalue weighted by molar-refractivity contribution is 0.250. The molecule has 1 aliphatic rings. The van der Waals surface area contributed by atoms with Crippen LogP contribution in [-0.4, -0.2) is 21.9 Å². The molecule has 1 heterocycles. The largest absolute Gasteiger partial charge is 0.332 e. The molecular weight excluding hydrogens is 396 g/mol. The molecule has 4 rings (SSSR count). The number of aryl methyl sites for hydroxylation is 2. The molecule has 0 radical (unpaired) electrons. The van der Waals surface area contributed by atoms with E-state index in [9.17, 15) is 4.79 Å². The first-order chi connectivity index (χ1) is 14.4. The third-order valence-electron chi connectivity index (χ3n) is 5.55. The van der Waals surface area contributed by atoms with E-state index in [1.165, 1.54) is 5.56 Å². The van der Waals surface area contributed by atoms with Gasteiger partial charge < -0.3 is 10.6 Å². The minimum absolute atomic E-state index is 0.0188. The number of carbonyl (C=O) groups excluding carboxylic acids is 1. The van der Waals surface area contributed by atoms with E-state index in [0.717, 1.165) is 39.8 Å². The molecule has 2 N–H and O–H groups in total. The van der Waals surface area contributed by atoms with E-state index >= 15 is 0 Å². The maximum atomic E-state index is 12.3. The Morgan fingerprint density at radius 3 is 2.60 bits per heavy atom. The van der Waals surface area contributed by atoms with Gasteiger partial charge in [-0.05, 0) is 57.0 Å². The fourth-order valence-corrected chi connectivity index (χ4v) is 4.21. The molecule has 1 aliphatic carbocycles. The molecule has 3 aromatic rings. The third-order valence-corrected chi connectivity index (χ3v) is 5.96. The first kappa shape index (κ1) is 20.2. The fourth-order valence-electron chi connectivity index (χ4n) is 4.03. The number of hydrogen-bond donors (Lipinski definition) is 2. The van der Waals surface area contributed by atoms with Gasteiger partial charge in [-0.3, -0.25) is 0 Å². The van der Waals surface area contributed by atoms with Crippen LogP contribution in [0.5, 0.6) is 0 Å². The van der Waals surface area contributed by atoms with Crippen LogP contribution in [0.2, 0.25) is 5.02 Å². The number of carbonyl (C=O) groups is 1. The Balaban J connectivity index is 1.47. The quantitative estimate of drug-likeness (QED) is 0.533. The van der Waals surface area contributed by atoms with Crippen LogP contribution in [0.1, 0.15) is 34.9 Å². The van der Waals surface area contributed by atoms with Gasteiger partial charge in [0.1, 0.15) is 0 Å². The van der Waals surface area contributed by atoms with Gasteiger partial charge in [0.2, 0.25) is 0 Å². The summed E-state index contributed by atoms with van der Waals surface area (Å²) in [6.45, 7) is 6.11. The van der Waals surface area contributed by atoms with Gasteiger partial charge in [-0.1, -0.05) is 48.0 Å². The minimum Gasteiger partial charge on any atom is -0.332 e. The number of hydrogen-bond acceptors (Lipinski definition) is 2. The number of halogens is 1. The normalized spacial score (nSPS) is 17.9. The highest BCUT2D eigenvalue weighted by molar-refractivity contribution is 6.31. The Bertz CT molecular complexity index is 1100. The van der Waals surface area contributed by atoms with Gasteiger partial charge in [0, 0.05) is 33.9 Å². The van der Waals surface area contributed by atoms with Gasteiger partial charge in [0.05, 0.1) is 11.4 Å². The summed E-state index contributed by atoms with van der Waals surface area (Å²) in [5.41, 5.74) is 6.07. The van der Waals surface area contributed by atoms with Crippen molar-refractivity contribution in [2.24, 2.45) is 0 Å². The predicted octanol–water partition coefficient (Wildman–Crippen LogP) is 5.68. The van der Waals surface area contributed by atoms with Crippen molar-refractivity contribution in [3.8, 4) is 5.69 Å².